The molecule has 0 fully saturated rings. The maximum absolute atomic E-state index is 11.5. The highest BCUT2D eigenvalue weighted by Gasteiger charge is 2.02. The molecule has 0 spiro atoms. The van der Waals surface area contributed by atoms with E-state index in [1.165, 1.54) is 0 Å². The first-order valence-corrected chi connectivity index (χ1v) is 4.64. The summed E-state index contributed by atoms with van der Waals surface area (Å²) in [7, 11) is 0. The van der Waals surface area contributed by atoms with Crippen molar-refractivity contribution in [2.45, 2.75) is 13.8 Å². The Kier molecular flexibility index (Phi) is 3.50. The molecule has 0 amide bonds. The first kappa shape index (κ1) is 9.78. The molecule has 0 saturated heterocycles. The lowest BCUT2D eigenvalue weighted by atomic mass is 10.3. The summed E-state index contributed by atoms with van der Waals surface area (Å²) in [5, 5.41) is 0. The van der Waals surface area contributed by atoms with Crippen LogP contribution in [0.5, 0.6) is 0 Å². The lowest BCUT2D eigenvalue weighted by molar-refractivity contribution is 0.863. The highest BCUT2D eigenvalue weighted by molar-refractivity contribution is 5.44. The van der Waals surface area contributed by atoms with Crippen molar-refractivity contribution in [2.75, 3.05) is 18.0 Å². The van der Waals surface area contributed by atoms with Gasteiger partial charge in [-0.25, -0.2) is 0 Å². The second-order valence-corrected chi connectivity index (χ2v) is 2.83. The Morgan fingerprint density at radius 1 is 1.08 bits per heavy atom. The highest BCUT2D eigenvalue weighted by Crippen LogP contribution is 2.04. The van der Waals surface area contributed by atoms with E-state index in [0.29, 0.717) is 0 Å². The molecule has 0 aliphatic heterocycles. The minimum atomic E-state index is 0.0914. The maximum Gasteiger partial charge on any atom is 0.201 e. The molecule has 0 N–H and O–H groups in total. The van der Waals surface area contributed by atoms with Gasteiger partial charge in [0.15, 0.2) is 0 Å². The van der Waals surface area contributed by atoms with Gasteiger partial charge in [0.2, 0.25) is 5.43 Å². The topological polar surface area (TPSA) is 20.3 Å². The van der Waals surface area contributed by atoms with Crippen LogP contribution in [-0.4, -0.2) is 13.1 Å². The third-order valence-corrected chi connectivity index (χ3v) is 2.08. The van der Waals surface area contributed by atoms with Crippen molar-refractivity contribution >= 4 is 5.69 Å². The molecule has 13 heavy (non-hydrogen) atoms. The Balaban J connectivity index is 3.14. The van der Waals surface area contributed by atoms with Gasteiger partial charge in [-0.15, -0.1) is 0 Å². The average Bonchev–Trinajstić information content (AvgIpc) is 2.34. The molecular formula is C11H15NO. The van der Waals surface area contributed by atoms with E-state index in [0.717, 1.165) is 18.8 Å². The zero-order valence-corrected chi connectivity index (χ0v) is 8.16. The minimum absolute atomic E-state index is 0.0914. The lowest BCUT2D eigenvalue weighted by Gasteiger charge is -2.18. The van der Waals surface area contributed by atoms with Crippen LogP contribution in [0.15, 0.2) is 35.1 Å². The van der Waals surface area contributed by atoms with Gasteiger partial charge >= 0.3 is 0 Å². The SMILES string of the molecule is CCN(CC)c1cccccc1=O. The molecule has 0 aliphatic rings. The number of hydrogen-bond acceptors (Lipinski definition) is 2. The summed E-state index contributed by atoms with van der Waals surface area (Å²) in [4.78, 5) is 13.6. The molecule has 2 nitrogen and oxygen atoms in total. The fraction of sp³-hybridized carbons (Fsp3) is 0.364. The van der Waals surface area contributed by atoms with Gasteiger partial charge in [0, 0.05) is 13.1 Å². The number of rotatable bonds is 3. The Morgan fingerprint density at radius 3 is 2.31 bits per heavy atom. The average molecular weight is 177 g/mol. The number of hydrogen-bond donors (Lipinski definition) is 0. The largest absolute Gasteiger partial charge is 0.369 e. The Labute approximate surface area is 78.8 Å². The van der Waals surface area contributed by atoms with E-state index < -0.39 is 0 Å². The van der Waals surface area contributed by atoms with Crippen LogP contribution in [-0.2, 0) is 0 Å². The van der Waals surface area contributed by atoms with Crippen molar-refractivity contribution in [1.82, 2.24) is 0 Å². The van der Waals surface area contributed by atoms with E-state index >= 15 is 0 Å². The van der Waals surface area contributed by atoms with Crippen LogP contribution in [0.25, 0.3) is 0 Å². The fourth-order valence-corrected chi connectivity index (χ4v) is 1.35. The van der Waals surface area contributed by atoms with Crippen LogP contribution in [0.3, 0.4) is 0 Å². The Morgan fingerprint density at radius 2 is 1.69 bits per heavy atom. The lowest BCUT2D eigenvalue weighted by Crippen LogP contribution is -2.26. The van der Waals surface area contributed by atoms with Gasteiger partial charge in [-0.3, -0.25) is 4.79 Å². The predicted octanol–water partition coefficient (Wildman–Crippen LogP) is 1.89. The highest BCUT2D eigenvalue weighted by atomic mass is 16.1. The van der Waals surface area contributed by atoms with Crippen molar-refractivity contribution in [3.05, 3.63) is 40.6 Å². The number of nitrogens with zero attached hydrogens (tertiary/aromatic N) is 1. The molecule has 1 aromatic rings. The van der Waals surface area contributed by atoms with E-state index in [1.807, 2.05) is 18.2 Å². The smallest absolute Gasteiger partial charge is 0.201 e. The standard InChI is InChI=1S/C11H15NO/c1-3-12(4-2)10-8-6-5-7-9-11(10)13/h5-9H,3-4H2,1-2H3. The van der Waals surface area contributed by atoms with Gasteiger partial charge in [-0.2, -0.15) is 0 Å². The van der Waals surface area contributed by atoms with Gasteiger partial charge in [0.25, 0.3) is 0 Å². The van der Waals surface area contributed by atoms with E-state index in [4.69, 9.17) is 0 Å². The summed E-state index contributed by atoms with van der Waals surface area (Å²) in [6.45, 7) is 5.84. The molecule has 0 saturated carbocycles. The van der Waals surface area contributed by atoms with Crippen LogP contribution in [0, 0.1) is 0 Å². The summed E-state index contributed by atoms with van der Waals surface area (Å²) in [6, 6.07) is 9.02. The third kappa shape index (κ3) is 2.31. The van der Waals surface area contributed by atoms with Crippen molar-refractivity contribution < 1.29 is 0 Å². The minimum Gasteiger partial charge on any atom is -0.369 e. The van der Waals surface area contributed by atoms with Gasteiger partial charge in [0.1, 0.15) is 0 Å². The maximum atomic E-state index is 11.5. The molecule has 0 heterocycles. The molecular weight excluding hydrogens is 162 g/mol. The van der Waals surface area contributed by atoms with Crippen LogP contribution >= 0.6 is 0 Å². The first-order valence-electron chi connectivity index (χ1n) is 4.64. The summed E-state index contributed by atoms with van der Waals surface area (Å²) < 4.78 is 0. The van der Waals surface area contributed by atoms with Crippen LogP contribution in [0.4, 0.5) is 5.69 Å². The second kappa shape index (κ2) is 4.65. The van der Waals surface area contributed by atoms with Gasteiger partial charge in [-0.1, -0.05) is 18.2 Å². The molecule has 0 aromatic heterocycles. The van der Waals surface area contributed by atoms with Crippen LogP contribution in [0.2, 0.25) is 0 Å². The van der Waals surface area contributed by atoms with Crippen molar-refractivity contribution in [3.8, 4) is 0 Å². The fourth-order valence-electron chi connectivity index (χ4n) is 1.35. The van der Waals surface area contributed by atoms with Crippen LogP contribution in [0.1, 0.15) is 13.8 Å². The second-order valence-electron chi connectivity index (χ2n) is 2.83. The van der Waals surface area contributed by atoms with Crippen molar-refractivity contribution in [3.63, 3.8) is 0 Å². The third-order valence-electron chi connectivity index (χ3n) is 2.08. The number of anilines is 1. The first-order chi connectivity index (χ1) is 6.29. The van der Waals surface area contributed by atoms with E-state index in [-0.39, 0.29) is 5.43 Å². The Hall–Kier alpha value is -1.31. The quantitative estimate of drug-likeness (QED) is 0.702. The summed E-state index contributed by atoms with van der Waals surface area (Å²) in [5.41, 5.74) is 0.878. The van der Waals surface area contributed by atoms with Crippen LogP contribution < -0.4 is 10.3 Å². The summed E-state index contributed by atoms with van der Waals surface area (Å²) in [5.74, 6) is 0. The molecule has 0 bridgehead atoms. The molecule has 1 rings (SSSR count). The van der Waals surface area contributed by atoms with E-state index in [9.17, 15) is 4.79 Å². The molecule has 1 aromatic carbocycles. The van der Waals surface area contributed by atoms with E-state index in [2.05, 4.69) is 18.7 Å². The monoisotopic (exact) mass is 177 g/mol. The normalized spacial score (nSPS) is 9.69. The molecule has 0 radical (unpaired) electrons. The molecule has 0 atom stereocenters. The predicted molar refractivity (Wildman–Crippen MR) is 56.3 cm³/mol. The van der Waals surface area contributed by atoms with E-state index in [1.54, 1.807) is 12.1 Å². The van der Waals surface area contributed by atoms with Gasteiger partial charge in [-0.05, 0) is 26.0 Å². The van der Waals surface area contributed by atoms with Crippen molar-refractivity contribution in [2.24, 2.45) is 0 Å². The molecule has 0 unspecified atom stereocenters. The Bertz CT molecular complexity index is 318. The molecule has 70 valence electrons. The molecule has 0 aliphatic carbocycles. The van der Waals surface area contributed by atoms with Gasteiger partial charge < -0.3 is 4.90 Å². The molecule has 2 heteroatoms. The zero-order chi connectivity index (χ0) is 9.68. The summed E-state index contributed by atoms with van der Waals surface area (Å²) in [6.07, 6.45) is 0. The zero-order valence-electron chi connectivity index (χ0n) is 8.16. The van der Waals surface area contributed by atoms with Gasteiger partial charge in [0.05, 0.1) is 5.69 Å². The summed E-state index contributed by atoms with van der Waals surface area (Å²) >= 11 is 0. The van der Waals surface area contributed by atoms with Crippen molar-refractivity contribution in [1.29, 1.82) is 0 Å².